The normalized spacial score (nSPS) is 10.8. The Hall–Kier alpha value is -2.21. The maximum Gasteiger partial charge on any atom is 0.231 e. The summed E-state index contributed by atoms with van der Waals surface area (Å²) in [6, 6.07) is 10.4. The Balaban J connectivity index is 2.10. The van der Waals surface area contributed by atoms with Crippen LogP contribution in [0.1, 0.15) is 0 Å². The van der Waals surface area contributed by atoms with Crippen LogP contribution in [0.4, 0.5) is 8.78 Å². The quantitative estimate of drug-likeness (QED) is 0.530. The minimum absolute atomic E-state index is 0.0766. The van der Waals surface area contributed by atoms with Gasteiger partial charge < -0.3 is 4.74 Å². The first-order chi connectivity index (χ1) is 10.2. The number of ether oxygens (including phenoxy) is 1. The van der Waals surface area contributed by atoms with Crippen LogP contribution in [0.15, 0.2) is 47.6 Å². The van der Waals surface area contributed by atoms with Crippen molar-refractivity contribution < 1.29 is 13.5 Å². The molecule has 0 aliphatic heterocycles. The molecule has 0 amide bonds. The van der Waals surface area contributed by atoms with E-state index in [0.29, 0.717) is 16.1 Å². The highest BCUT2D eigenvalue weighted by Crippen LogP contribution is 2.30. The van der Waals surface area contributed by atoms with Gasteiger partial charge in [-0.15, -0.1) is 0 Å². The molecule has 3 nitrogen and oxygen atoms in total. The molecule has 6 heteroatoms. The third-order valence-electron chi connectivity index (χ3n) is 2.83. The SMILES string of the molecule is CSc1nc(Oc2ccc(F)cc2F)c2ccccc2n1. The lowest BCUT2D eigenvalue weighted by molar-refractivity contribution is 0.424. The van der Waals surface area contributed by atoms with Crippen molar-refractivity contribution in [2.24, 2.45) is 0 Å². The number of aromatic nitrogens is 2. The first kappa shape index (κ1) is 13.8. The van der Waals surface area contributed by atoms with Crippen molar-refractivity contribution in [3.63, 3.8) is 0 Å². The first-order valence-corrected chi connectivity index (χ1v) is 7.33. The number of benzene rings is 2. The zero-order valence-electron chi connectivity index (χ0n) is 11.0. The molecule has 0 saturated carbocycles. The summed E-state index contributed by atoms with van der Waals surface area (Å²) in [5.41, 5.74) is 0.703. The molecule has 0 atom stereocenters. The molecule has 3 aromatic rings. The fourth-order valence-corrected chi connectivity index (χ4v) is 2.22. The van der Waals surface area contributed by atoms with E-state index in [0.717, 1.165) is 12.1 Å². The molecular formula is C15H10F2N2OS. The van der Waals surface area contributed by atoms with E-state index in [1.165, 1.54) is 17.8 Å². The number of hydrogen-bond acceptors (Lipinski definition) is 4. The van der Waals surface area contributed by atoms with Gasteiger partial charge in [-0.3, -0.25) is 0 Å². The fraction of sp³-hybridized carbons (Fsp3) is 0.0667. The number of nitrogens with zero attached hydrogens (tertiary/aromatic N) is 2. The van der Waals surface area contributed by atoms with Gasteiger partial charge in [0.2, 0.25) is 5.88 Å². The summed E-state index contributed by atoms with van der Waals surface area (Å²) in [7, 11) is 0. The van der Waals surface area contributed by atoms with E-state index in [4.69, 9.17) is 4.74 Å². The van der Waals surface area contributed by atoms with Gasteiger partial charge in [0.05, 0.1) is 10.9 Å². The smallest absolute Gasteiger partial charge is 0.231 e. The number of thioether (sulfide) groups is 1. The lowest BCUT2D eigenvalue weighted by atomic mass is 10.2. The molecule has 0 aliphatic rings. The second-order valence-electron chi connectivity index (χ2n) is 4.21. The van der Waals surface area contributed by atoms with Gasteiger partial charge >= 0.3 is 0 Å². The third kappa shape index (κ3) is 2.80. The van der Waals surface area contributed by atoms with Crippen LogP contribution in [-0.2, 0) is 0 Å². The molecule has 0 radical (unpaired) electrons. The minimum atomic E-state index is -0.775. The Morgan fingerprint density at radius 3 is 2.62 bits per heavy atom. The van der Waals surface area contributed by atoms with Crippen molar-refractivity contribution in [3.05, 3.63) is 54.1 Å². The van der Waals surface area contributed by atoms with Crippen LogP contribution in [0, 0.1) is 11.6 Å². The number of hydrogen-bond donors (Lipinski definition) is 0. The number of halogens is 2. The Morgan fingerprint density at radius 2 is 1.86 bits per heavy atom. The van der Waals surface area contributed by atoms with E-state index in [1.807, 2.05) is 24.5 Å². The molecule has 0 aliphatic carbocycles. The van der Waals surface area contributed by atoms with Gasteiger partial charge in [0.15, 0.2) is 16.7 Å². The van der Waals surface area contributed by atoms with Crippen LogP contribution in [0.3, 0.4) is 0 Å². The number of rotatable bonds is 3. The van der Waals surface area contributed by atoms with Gasteiger partial charge in [-0.2, -0.15) is 4.98 Å². The van der Waals surface area contributed by atoms with E-state index in [-0.39, 0.29) is 11.6 Å². The zero-order chi connectivity index (χ0) is 14.8. The predicted molar refractivity (Wildman–Crippen MR) is 77.8 cm³/mol. The molecule has 106 valence electrons. The molecule has 3 rings (SSSR count). The van der Waals surface area contributed by atoms with E-state index < -0.39 is 11.6 Å². The summed E-state index contributed by atoms with van der Waals surface area (Å²) in [6.45, 7) is 0. The molecule has 1 heterocycles. The summed E-state index contributed by atoms with van der Waals surface area (Å²) in [5.74, 6) is -1.26. The van der Waals surface area contributed by atoms with E-state index in [9.17, 15) is 8.78 Å². The van der Waals surface area contributed by atoms with Gasteiger partial charge in [0.1, 0.15) is 5.82 Å². The second kappa shape index (κ2) is 5.65. The first-order valence-electron chi connectivity index (χ1n) is 6.11. The van der Waals surface area contributed by atoms with E-state index in [1.54, 1.807) is 6.07 Å². The molecular weight excluding hydrogens is 294 g/mol. The maximum atomic E-state index is 13.7. The molecule has 0 unspecified atom stereocenters. The van der Waals surface area contributed by atoms with Gasteiger partial charge in [0.25, 0.3) is 0 Å². The zero-order valence-corrected chi connectivity index (χ0v) is 11.8. The largest absolute Gasteiger partial charge is 0.435 e. The molecule has 0 fully saturated rings. The van der Waals surface area contributed by atoms with Gasteiger partial charge in [-0.05, 0) is 30.5 Å². The Morgan fingerprint density at radius 1 is 1.05 bits per heavy atom. The topological polar surface area (TPSA) is 35.0 Å². The standard InChI is InChI=1S/C15H10F2N2OS/c1-21-15-18-12-5-3-2-4-10(12)14(19-15)20-13-7-6-9(16)8-11(13)17/h2-8H,1H3. The molecule has 0 spiro atoms. The Kier molecular flexibility index (Phi) is 3.70. The highest BCUT2D eigenvalue weighted by molar-refractivity contribution is 7.98. The molecule has 2 aromatic carbocycles. The monoisotopic (exact) mass is 304 g/mol. The highest BCUT2D eigenvalue weighted by atomic mass is 32.2. The number of para-hydroxylation sites is 1. The highest BCUT2D eigenvalue weighted by Gasteiger charge is 2.12. The van der Waals surface area contributed by atoms with Crippen molar-refractivity contribution in [2.45, 2.75) is 5.16 Å². The van der Waals surface area contributed by atoms with Crippen LogP contribution in [0.25, 0.3) is 10.9 Å². The summed E-state index contributed by atoms with van der Waals surface area (Å²) in [6.07, 6.45) is 1.84. The molecule has 21 heavy (non-hydrogen) atoms. The third-order valence-corrected chi connectivity index (χ3v) is 3.38. The second-order valence-corrected chi connectivity index (χ2v) is 4.98. The van der Waals surface area contributed by atoms with Crippen molar-refractivity contribution >= 4 is 22.7 Å². The molecule has 0 bridgehead atoms. The van der Waals surface area contributed by atoms with Gasteiger partial charge in [-0.25, -0.2) is 13.8 Å². The maximum absolute atomic E-state index is 13.7. The predicted octanol–water partition coefficient (Wildman–Crippen LogP) is 4.42. The minimum Gasteiger partial charge on any atom is -0.435 e. The van der Waals surface area contributed by atoms with Gasteiger partial charge in [0, 0.05) is 6.07 Å². The number of fused-ring (bicyclic) bond motifs is 1. The fourth-order valence-electron chi connectivity index (χ4n) is 1.86. The van der Waals surface area contributed by atoms with Crippen LogP contribution in [0.5, 0.6) is 11.6 Å². The van der Waals surface area contributed by atoms with E-state index >= 15 is 0 Å². The van der Waals surface area contributed by atoms with Crippen LogP contribution in [0.2, 0.25) is 0 Å². The Labute approximate surface area is 124 Å². The van der Waals surface area contributed by atoms with Crippen molar-refractivity contribution in [1.29, 1.82) is 0 Å². The molecule has 0 saturated heterocycles. The average Bonchev–Trinajstić information content (AvgIpc) is 2.49. The lowest BCUT2D eigenvalue weighted by Gasteiger charge is -2.09. The van der Waals surface area contributed by atoms with Gasteiger partial charge in [-0.1, -0.05) is 23.9 Å². The summed E-state index contributed by atoms with van der Waals surface area (Å²) < 4.78 is 32.2. The molecule has 0 N–H and O–H groups in total. The summed E-state index contributed by atoms with van der Waals surface area (Å²) in [4.78, 5) is 8.60. The lowest BCUT2D eigenvalue weighted by Crippen LogP contribution is -1.96. The van der Waals surface area contributed by atoms with Crippen molar-refractivity contribution in [3.8, 4) is 11.6 Å². The Bertz CT molecular complexity index is 811. The summed E-state index contributed by atoms with van der Waals surface area (Å²) >= 11 is 1.36. The molecule has 1 aromatic heterocycles. The van der Waals surface area contributed by atoms with Crippen LogP contribution >= 0.6 is 11.8 Å². The van der Waals surface area contributed by atoms with Crippen LogP contribution < -0.4 is 4.74 Å². The van der Waals surface area contributed by atoms with Crippen molar-refractivity contribution in [2.75, 3.05) is 6.26 Å². The van der Waals surface area contributed by atoms with Crippen molar-refractivity contribution in [1.82, 2.24) is 9.97 Å². The van der Waals surface area contributed by atoms with E-state index in [2.05, 4.69) is 9.97 Å². The summed E-state index contributed by atoms with van der Waals surface area (Å²) in [5, 5.41) is 1.19. The average molecular weight is 304 g/mol. The van der Waals surface area contributed by atoms with Crippen LogP contribution in [-0.4, -0.2) is 16.2 Å².